The molecule has 168 valence electrons. The molecule has 1 atom stereocenters. The first-order chi connectivity index (χ1) is 15.9. The third-order valence-corrected chi connectivity index (χ3v) is 5.79. The molecule has 9 heteroatoms. The molecule has 0 bridgehead atoms. The van der Waals surface area contributed by atoms with Crippen LogP contribution in [0.5, 0.6) is 11.5 Å². The van der Waals surface area contributed by atoms with E-state index in [1.165, 1.54) is 31.3 Å². The van der Waals surface area contributed by atoms with Crippen LogP contribution < -0.4 is 14.4 Å². The first-order valence-corrected chi connectivity index (χ1v) is 10.5. The van der Waals surface area contributed by atoms with Gasteiger partial charge in [0.25, 0.3) is 11.7 Å². The van der Waals surface area contributed by atoms with Crippen LogP contribution in [0.2, 0.25) is 10.0 Å². The van der Waals surface area contributed by atoms with Crippen molar-refractivity contribution in [3.05, 3.63) is 87.7 Å². The number of ether oxygens (including phenoxy) is 2. The number of carbonyl (C=O) groups excluding carboxylic acids is 2. The second-order valence-electron chi connectivity index (χ2n) is 7.07. The van der Waals surface area contributed by atoms with Crippen LogP contribution >= 0.6 is 23.2 Å². The van der Waals surface area contributed by atoms with Gasteiger partial charge < -0.3 is 14.6 Å². The number of amides is 1. The number of halogens is 2. The summed E-state index contributed by atoms with van der Waals surface area (Å²) >= 11 is 12.5. The second-order valence-corrected chi connectivity index (χ2v) is 7.88. The Hall–Kier alpha value is -3.55. The van der Waals surface area contributed by atoms with Gasteiger partial charge in [0.05, 0.1) is 41.2 Å². The Labute approximate surface area is 199 Å². The number of methoxy groups -OCH3 is 2. The zero-order valence-electron chi connectivity index (χ0n) is 17.6. The molecule has 1 saturated heterocycles. The van der Waals surface area contributed by atoms with Crippen LogP contribution in [0.15, 0.2) is 66.4 Å². The quantitative estimate of drug-likeness (QED) is 0.310. The van der Waals surface area contributed by atoms with Gasteiger partial charge in [-0.05, 0) is 36.4 Å². The van der Waals surface area contributed by atoms with Gasteiger partial charge in [-0.1, -0.05) is 41.4 Å². The number of benzene rings is 2. The number of ketones is 1. The first kappa shape index (κ1) is 22.6. The lowest BCUT2D eigenvalue weighted by Crippen LogP contribution is -2.30. The Balaban J connectivity index is 1.97. The number of rotatable bonds is 5. The summed E-state index contributed by atoms with van der Waals surface area (Å²) < 4.78 is 10.6. The Morgan fingerprint density at radius 1 is 1.00 bits per heavy atom. The van der Waals surface area contributed by atoms with Gasteiger partial charge in [0.15, 0.2) is 5.75 Å². The van der Waals surface area contributed by atoms with Gasteiger partial charge in [0.1, 0.15) is 17.6 Å². The van der Waals surface area contributed by atoms with Crippen molar-refractivity contribution >= 4 is 46.3 Å². The van der Waals surface area contributed by atoms with Crippen LogP contribution in [0.1, 0.15) is 17.3 Å². The number of aromatic nitrogens is 1. The van der Waals surface area contributed by atoms with E-state index in [1.807, 2.05) is 0 Å². The third kappa shape index (κ3) is 3.90. The minimum absolute atomic E-state index is 0.139. The molecule has 1 aromatic heterocycles. The summed E-state index contributed by atoms with van der Waals surface area (Å²) in [5, 5.41) is 11.5. The summed E-state index contributed by atoms with van der Waals surface area (Å²) in [7, 11) is 2.87. The fourth-order valence-corrected chi connectivity index (χ4v) is 4.42. The van der Waals surface area contributed by atoms with Crippen LogP contribution in [0.4, 0.5) is 5.69 Å². The Bertz CT molecular complexity index is 1250. The van der Waals surface area contributed by atoms with Crippen molar-refractivity contribution in [2.75, 3.05) is 19.1 Å². The lowest BCUT2D eigenvalue weighted by Gasteiger charge is -2.26. The standard InChI is InChI=1S/C24H18Cl2N2O5/c1-32-18-9-4-3-8-17(18)28-20(16-7-5-6-10-27-16)19(22(30)24(28)31)21(29)13-11-14(25)23(33-2)15(26)12-13/h3-12,20,29H,1-2H3/b21-19+. The molecule has 33 heavy (non-hydrogen) atoms. The van der Waals surface area contributed by atoms with Gasteiger partial charge in [0.2, 0.25) is 0 Å². The number of pyridine rings is 1. The summed E-state index contributed by atoms with van der Waals surface area (Å²) in [4.78, 5) is 32.0. The van der Waals surface area contributed by atoms with E-state index >= 15 is 0 Å². The van der Waals surface area contributed by atoms with E-state index in [0.29, 0.717) is 17.1 Å². The smallest absolute Gasteiger partial charge is 0.300 e. The van der Waals surface area contributed by atoms with E-state index in [1.54, 1.807) is 48.7 Å². The van der Waals surface area contributed by atoms with Crippen molar-refractivity contribution in [2.24, 2.45) is 0 Å². The third-order valence-electron chi connectivity index (χ3n) is 5.23. The van der Waals surface area contributed by atoms with E-state index in [4.69, 9.17) is 32.7 Å². The largest absolute Gasteiger partial charge is 0.507 e. The summed E-state index contributed by atoms with van der Waals surface area (Å²) in [5.41, 5.74) is 0.754. The molecule has 4 rings (SSSR count). The van der Waals surface area contributed by atoms with Crippen LogP contribution in [0.3, 0.4) is 0 Å². The summed E-state index contributed by atoms with van der Waals surface area (Å²) in [6.45, 7) is 0. The molecule has 0 radical (unpaired) electrons. The van der Waals surface area contributed by atoms with Gasteiger partial charge in [-0.25, -0.2) is 0 Å². The fraction of sp³-hybridized carbons (Fsp3) is 0.125. The summed E-state index contributed by atoms with van der Waals surface area (Å²) in [5.74, 6) is -1.53. The second kappa shape index (κ2) is 9.13. The highest BCUT2D eigenvalue weighted by Crippen LogP contribution is 2.45. The maximum atomic E-state index is 13.2. The minimum atomic E-state index is -1.01. The Kier molecular flexibility index (Phi) is 6.26. The molecular weight excluding hydrogens is 467 g/mol. The number of Topliss-reactive ketones (excluding diaryl/α,β-unsaturated/α-hetero) is 1. The van der Waals surface area contributed by atoms with Crippen molar-refractivity contribution in [1.82, 2.24) is 4.98 Å². The molecule has 3 aromatic rings. The van der Waals surface area contributed by atoms with Crippen molar-refractivity contribution in [3.8, 4) is 11.5 Å². The van der Waals surface area contributed by atoms with E-state index in [2.05, 4.69) is 4.98 Å². The van der Waals surface area contributed by atoms with Crippen molar-refractivity contribution < 1.29 is 24.2 Å². The number of carbonyl (C=O) groups is 2. The highest BCUT2D eigenvalue weighted by atomic mass is 35.5. The molecule has 0 saturated carbocycles. The van der Waals surface area contributed by atoms with Crippen molar-refractivity contribution in [1.29, 1.82) is 0 Å². The van der Waals surface area contributed by atoms with Crippen molar-refractivity contribution in [2.45, 2.75) is 6.04 Å². The molecule has 1 amide bonds. The monoisotopic (exact) mass is 484 g/mol. The fourth-order valence-electron chi connectivity index (χ4n) is 3.77. The lowest BCUT2D eigenvalue weighted by atomic mass is 9.98. The summed E-state index contributed by atoms with van der Waals surface area (Å²) in [6, 6.07) is 13.7. The highest BCUT2D eigenvalue weighted by molar-refractivity contribution is 6.52. The highest BCUT2D eigenvalue weighted by Gasteiger charge is 2.48. The Morgan fingerprint density at radius 3 is 2.27 bits per heavy atom. The predicted octanol–water partition coefficient (Wildman–Crippen LogP) is 5.03. The zero-order chi connectivity index (χ0) is 23.7. The molecular formula is C24H18Cl2N2O5. The average Bonchev–Trinajstić information content (AvgIpc) is 3.09. The van der Waals surface area contributed by atoms with Crippen LogP contribution in [0.25, 0.3) is 5.76 Å². The van der Waals surface area contributed by atoms with E-state index in [9.17, 15) is 14.7 Å². The van der Waals surface area contributed by atoms with Crippen molar-refractivity contribution in [3.63, 3.8) is 0 Å². The number of aliphatic hydroxyl groups excluding tert-OH is 1. The maximum absolute atomic E-state index is 13.2. The lowest BCUT2D eigenvalue weighted by molar-refractivity contribution is -0.132. The molecule has 1 aliphatic rings. The number of hydrogen-bond donors (Lipinski definition) is 1. The number of hydrogen-bond acceptors (Lipinski definition) is 6. The van der Waals surface area contributed by atoms with Gasteiger partial charge in [-0.15, -0.1) is 0 Å². The predicted molar refractivity (Wildman–Crippen MR) is 125 cm³/mol. The molecule has 1 fully saturated rings. The first-order valence-electron chi connectivity index (χ1n) is 9.77. The van der Waals surface area contributed by atoms with Gasteiger partial charge >= 0.3 is 0 Å². The molecule has 1 N–H and O–H groups in total. The van der Waals surface area contributed by atoms with Crippen LogP contribution in [-0.2, 0) is 9.59 Å². The number of aliphatic hydroxyl groups is 1. The molecule has 0 spiro atoms. The van der Waals surface area contributed by atoms with Gasteiger partial charge in [0, 0.05) is 11.8 Å². The van der Waals surface area contributed by atoms with Gasteiger partial charge in [-0.2, -0.15) is 0 Å². The molecule has 1 unspecified atom stereocenters. The normalized spacial score (nSPS) is 17.3. The van der Waals surface area contributed by atoms with Gasteiger partial charge in [-0.3, -0.25) is 19.5 Å². The number of anilines is 1. The van der Waals surface area contributed by atoms with E-state index in [0.717, 1.165) is 0 Å². The molecule has 0 aliphatic carbocycles. The summed E-state index contributed by atoms with van der Waals surface area (Å²) in [6.07, 6.45) is 1.54. The average molecular weight is 485 g/mol. The molecule has 1 aliphatic heterocycles. The Morgan fingerprint density at radius 2 is 1.67 bits per heavy atom. The van der Waals surface area contributed by atoms with Crippen LogP contribution in [-0.4, -0.2) is 36.0 Å². The SMILES string of the molecule is COc1ccccc1N1C(=O)C(=O)/C(=C(/O)c2cc(Cl)c(OC)c(Cl)c2)C1c1ccccn1. The van der Waals surface area contributed by atoms with Crippen LogP contribution in [0, 0.1) is 0 Å². The van der Waals surface area contributed by atoms with E-state index < -0.39 is 23.5 Å². The number of para-hydroxylation sites is 2. The van der Waals surface area contributed by atoms with E-state index in [-0.39, 0.29) is 26.9 Å². The molecule has 7 nitrogen and oxygen atoms in total. The molecule has 2 heterocycles. The molecule has 2 aromatic carbocycles. The zero-order valence-corrected chi connectivity index (χ0v) is 19.1. The maximum Gasteiger partial charge on any atom is 0.300 e. The number of nitrogens with zero attached hydrogens (tertiary/aromatic N) is 2. The minimum Gasteiger partial charge on any atom is -0.507 e. The topological polar surface area (TPSA) is 89.0 Å².